The molecule has 0 unspecified atom stereocenters. The van der Waals surface area contributed by atoms with Gasteiger partial charge in [-0.25, -0.2) is 0 Å². The first-order valence-electron chi connectivity index (χ1n) is 5.39. The summed E-state index contributed by atoms with van der Waals surface area (Å²) >= 11 is 0. The largest absolute Gasteiger partial charge is 0.397 e. The Hall–Kier alpha value is -2.42. The van der Waals surface area contributed by atoms with E-state index in [1.165, 1.54) is 0 Å². The second-order valence-corrected chi connectivity index (χ2v) is 3.88. The molecule has 0 saturated carbocycles. The van der Waals surface area contributed by atoms with E-state index in [0.717, 1.165) is 22.0 Å². The van der Waals surface area contributed by atoms with Crippen molar-refractivity contribution < 1.29 is 0 Å². The predicted octanol–water partition coefficient (Wildman–Crippen LogP) is 2.88. The van der Waals surface area contributed by atoms with Crippen molar-refractivity contribution in [3.05, 3.63) is 55.0 Å². The van der Waals surface area contributed by atoms with E-state index in [9.17, 15) is 0 Å². The number of rotatable bonds is 1. The summed E-state index contributed by atoms with van der Waals surface area (Å²) in [5.74, 6) is 0. The number of anilines is 1. The van der Waals surface area contributed by atoms with Crippen LogP contribution < -0.4 is 5.73 Å². The molecule has 3 rings (SSSR count). The number of pyridine rings is 2. The minimum atomic E-state index is 0.673. The average Bonchev–Trinajstić information content (AvgIpc) is 2.39. The van der Waals surface area contributed by atoms with Crippen molar-refractivity contribution in [2.75, 3.05) is 5.73 Å². The second-order valence-electron chi connectivity index (χ2n) is 3.88. The highest BCUT2D eigenvalue weighted by molar-refractivity contribution is 5.95. The van der Waals surface area contributed by atoms with Crippen molar-refractivity contribution in [1.29, 1.82) is 0 Å². The minimum absolute atomic E-state index is 0.673. The van der Waals surface area contributed by atoms with Crippen molar-refractivity contribution in [2.24, 2.45) is 0 Å². The quantitative estimate of drug-likeness (QED) is 0.687. The highest BCUT2D eigenvalue weighted by Gasteiger charge is 2.04. The maximum atomic E-state index is 5.64. The topological polar surface area (TPSA) is 51.8 Å². The Bertz CT molecular complexity index is 654. The molecule has 0 aliphatic rings. The lowest BCUT2D eigenvalue weighted by Gasteiger charge is -2.05. The number of nitrogens with zero attached hydrogens (tertiary/aromatic N) is 2. The van der Waals surface area contributed by atoms with Crippen LogP contribution in [0, 0.1) is 0 Å². The maximum Gasteiger partial charge on any atom is 0.0710 e. The van der Waals surface area contributed by atoms with E-state index < -0.39 is 0 Å². The Morgan fingerprint density at radius 2 is 1.88 bits per heavy atom. The summed E-state index contributed by atoms with van der Waals surface area (Å²) in [4.78, 5) is 8.51. The van der Waals surface area contributed by atoms with Gasteiger partial charge in [0.25, 0.3) is 0 Å². The number of aromatic nitrogens is 2. The number of nitrogen functional groups attached to an aromatic ring is 1. The first kappa shape index (κ1) is 9.78. The van der Waals surface area contributed by atoms with Crippen LogP contribution >= 0.6 is 0 Å². The summed E-state index contributed by atoms with van der Waals surface area (Å²) in [6.07, 6.45) is 5.33. The lowest BCUT2D eigenvalue weighted by atomic mass is 10.0. The van der Waals surface area contributed by atoms with Crippen LogP contribution in [0.4, 0.5) is 5.69 Å². The average molecular weight is 221 g/mol. The number of hydrogen-bond donors (Lipinski definition) is 1. The molecular weight excluding hydrogens is 210 g/mol. The number of fused-ring (bicyclic) bond motifs is 1. The summed E-state index contributed by atoms with van der Waals surface area (Å²) in [6.45, 7) is 0. The van der Waals surface area contributed by atoms with Crippen LogP contribution in [0.25, 0.3) is 22.0 Å². The molecule has 0 fully saturated rings. The molecule has 0 atom stereocenters. The van der Waals surface area contributed by atoms with Crippen molar-refractivity contribution in [2.45, 2.75) is 0 Å². The molecule has 82 valence electrons. The Morgan fingerprint density at radius 3 is 2.71 bits per heavy atom. The highest BCUT2D eigenvalue weighted by Crippen LogP contribution is 2.26. The fraction of sp³-hybridized carbons (Fsp3) is 0. The predicted molar refractivity (Wildman–Crippen MR) is 69.4 cm³/mol. The zero-order valence-corrected chi connectivity index (χ0v) is 9.17. The lowest BCUT2D eigenvalue weighted by Crippen LogP contribution is -1.89. The molecule has 1 aromatic carbocycles. The Labute approximate surface area is 98.9 Å². The van der Waals surface area contributed by atoms with Gasteiger partial charge in [0.2, 0.25) is 0 Å². The SMILES string of the molecule is Nc1ccc(-c2cccc3ccncc23)nc1. The fourth-order valence-corrected chi connectivity index (χ4v) is 1.90. The Morgan fingerprint density at radius 1 is 0.941 bits per heavy atom. The molecule has 3 aromatic rings. The van der Waals surface area contributed by atoms with Crippen molar-refractivity contribution in [3.63, 3.8) is 0 Å². The normalized spacial score (nSPS) is 10.6. The van der Waals surface area contributed by atoms with Crippen molar-refractivity contribution in [3.8, 4) is 11.3 Å². The van der Waals surface area contributed by atoms with Gasteiger partial charge in [-0.05, 0) is 23.6 Å². The van der Waals surface area contributed by atoms with Crippen LogP contribution in [0.2, 0.25) is 0 Å². The van der Waals surface area contributed by atoms with Crippen LogP contribution in [0.5, 0.6) is 0 Å². The van der Waals surface area contributed by atoms with E-state index in [4.69, 9.17) is 5.73 Å². The van der Waals surface area contributed by atoms with E-state index >= 15 is 0 Å². The summed E-state index contributed by atoms with van der Waals surface area (Å²) in [5.41, 5.74) is 8.31. The first-order valence-corrected chi connectivity index (χ1v) is 5.39. The van der Waals surface area contributed by atoms with Gasteiger partial charge in [-0.1, -0.05) is 18.2 Å². The van der Waals surface area contributed by atoms with Gasteiger partial charge in [-0.3, -0.25) is 9.97 Å². The van der Waals surface area contributed by atoms with Gasteiger partial charge in [0, 0.05) is 23.3 Å². The summed E-state index contributed by atoms with van der Waals surface area (Å²) in [5, 5.41) is 2.27. The van der Waals surface area contributed by atoms with Gasteiger partial charge < -0.3 is 5.73 Å². The van der Waals surface area contributed by atoms with E-state index in [-0.39, 0.29) is 0 Å². The molecule has 0 aliphatic heterocycles. The number of benzene rings is 1. The van der Waals surface area contributed by atoms with E-state index in [2.05, 4.69) is 16.0 Å². The van der Waals surface area contributed by atoms with Crippen molar-refractivity contribution in [1.82, 2.24) is 9.97 Å². The molecule has 3 heteroatoms. The van der Waals surface area contributed by atoms with E-state index in [1.807, 2.05) is 36.5 Å². The molecule has 0 spiro atoms. The third-order valence-electron chi connectivity index (χ3n) is 2.75. The van der Waals surface area contributed by atoms with Crippen LogP contribution in [-0.2, 0) is 0 Å². The standard InChI is InChI=1S/C14H11N3/c15-11-4-5-14(17-8-11)12-3-1-2-10-6-7-16-9-13(10)12/h1-9H,15H2. The van der Waals surface area contributed by atoms with Gasteiger partial charge in [0.1, 0.15) is 0 Å². The molecule has 17 heavy (non-hydrogen) atoms. The zero-order chi connectivity index (χ0) is 11.7. The van der Waals surface area contributed by atoms with Gasteiger partial charge in [0.05, 0.1) is 17.6 Å². The zero-order valence-electron chi connectivity index (χ0n) is 9.17. The molecule has 0 radical (unpaired) electrons. The van der Waals surface area contributed by atoms with E-state index in [0.29, 0.717) is 5.69 Å². The molecule has 0 aliphatic carbocycles. The summed E-state index contributed by atoms with van der Waals surface area (Å²) < 4.78 is 0. The molecule has 2 heterocycles. The molecule has 3 nitrogen and oxygen atoms in total. The highest BCUT2D eigenvalue weighted by atomic mass is 14.7. The number of hydrogen-bond acceptors (Lipinski definition) is 3. The van der Waals surface area contributed by atoms with Crippen LogP contribution in [-0.4, -0.2) is 9.97 Å². The fourth-order valence-electron chi connectivity index (χ4n) is 1.90. The third kappa shape index (κ3) is 1.72. The van der Waals surface area contributed by atoms with Crippen LogP contribution in [0.1, 0.15) is 0 Å². The van der Waals surface area contributed by atoms with E-state index in [1.54, 1.807) is 12.4 Å². The van der Waals surface area contributed by atoms with Crippen molar-refractivity contribution >= 4 is 16.5 Å². The van der Waals surface area contributed by atoms with Gasteiger partial charge in [-0.15, -0.1) is 0 Å². The maximum absolute atomic E-state index is 5.64. The minimum Gasteiger partial charge on any atom is -0.397 e. The molecule has 2 N–H and O–H groups in total. The number of nitrogens with two attached hydrogens (primary N) is 1. The smallest absolute Gasteiger partial charge is 0.0710 e. The molecule has 0 saturated heterocycles. The molecule has 0 bridgehead atoms. The van der Waals surface area contributed by atoms with Gasteiger partial charge in [-0.2, -0.15) is 0 Å². The Balaban J connectivity index is 2.27. The summed E-state index contributed by atoms with van der Waals surface area (Å²) in [7, 11) is 0. The molecular formula is C14H11N3. The summed E-state index contributed by atoms with van der Waals surface area (Å²) in [6, 6.07) is 11.9. The van der Waals surface area contributed by atoms with Crippen LogP contribution in [0.15, 0.2) is 55.0 Å². The van der Waals surface area contributed by atoms with Gasteiger partial charge in [0.15, 0.2) is 0 Å². The van der Waals surface area contributed by atoms with Crippen LogP contribution in [0.3, 0.4) is 0 Å². The van der Waals surface area contributed by atoms with Gasteiger partial charge >= 0.3 is 0 Å². The third-order valence-corrected chi connectivity index (χ3v) is 2.75. The molecule has 0 amide bonds. The first-order chi connectivity index (χ1) is 8.34. The molecule has 2 aromatic heterocycles. The second kappa shape index (κ2) is 3.87. The Kier molecular flexibility index (Phi) is 2.22. The lowest BCUT2D eigenvalue weighted by molar-refractivity contribution is 1.32. The monoisotopic (exact) mass is 221 g/mol.